The molecule has 3 aromatic carbocycles. The molecule has 51 heavy (non-hydrogen) atoms. The van der Waals surface area contributed by atoms with Gasteiger partial charge in [-0.3, -0.25) is 10.00 Å². The van der Waals surface area contributed by atoms with Gasteiger partial charge in [-0.05, 0) is 47.2 Å². The smallest absolute Gasteiger partial charge is 0.237 e. The molecule has 1 aromatic heterocycles. The molecule has 0 aliphatic carbocycles. The molecule has 5 N–H and O–H groups in total. The van der Waals surface area contributed by atoms with Crippen molar-refractivity contribution in [3.05, 3.63) is 112 Å². The van der Waals surface area contributed by atoms with Crippen LogP contribution in [-0.4, -0.2) is 104 Å². The summed E-state index contributed by atoms with van der Waals surface area (Å²) in [7, 11) is 0. The van der Waals surface area contributed by atoms with E-state index in [4.69, 9.17) is 18.9 Å². The topological polar surface area (TPSA) is 150 Å². The quantitative estimate of drug-likeness (QED) is 0.0693. The standard InChI is InChI=1S/C39H51N3O8S/c1-26(2)34-32(38(41-40-34)50-39-37(46)36(45)35(44)33(22-43)51-39)21-30-14-15-31(20-27(30)3)49-19-17-42(25-48-24-29-12-8-5-9-13-29)16-18-47-23-28-10-6-4-7-11-28/h4-15,20,26,33,35-37,39,43-46H,16-19,21-25H2,1-3H3,(H,40,41)/t33-,35-,36?,37-,39-/m1/s1. The Balaban J connectivity index is 1.18. The number of rotatable bonds is 19. The van der Waals surface area contributed by atoms with Crippen molar-refractivity contribution < 1.29 is 39.4 Å². The highest BCUT2D eigenvalue weighted by Crippen LogP contribution is 2.37. The first-order chi connectivity index (χ1) is 24.7. The van der Waals surface area contributed by atoms with E-state index < -0.39 is 29.0 Å². The number of aliphatic hydroxyl groups is 4. The van der Waals surface area contributed by atoms with E-state index in [1.165, 1.54) is 0 Å². The lowest BCUT2D eigenvalue weighted by molar-refractivity contribution is -0.0915. The zero-order chi connectivity index (χ0) is 36.2. The van der Waals surface area contributed by atoms with Gasteiger partial charge in [-0.15, -0.1) is 16.9 Å². The van der Waals surface area contributed by atoms with E-state index in [1.54, 1.807) is 0 Å². The molecule has 1 saturated heterocycles. The van der Waals surface area contributed by atoms with Crippen molar-refractivity contribution in [1.29, 1.82) is 0 Å². The van der Waals surface area contributed by atoms with Gasteiger partial charge in [-0.25, -0.2) is 0 Å². The Kier molecular flexibility index (Phi) is 14.7. The number of aryl methyl sites for hydroxylation is 1. The molecule has 0 bridgehead atoms. The molecule has 11 nitrogen and oxygen atoms in total. The van der Waals surface area contributed by atoms with Crippen LogP contribution >= 0.6 is 11.8 Å². The molecule has 12 heteroatoms. The van der Waals surface area contributed by atoms with Crippen LogP contribution in [-0.2, 0) is 29.1 Å². The lowest BCUT2D eigenvalue weighted by atomic mass is 9.97. The van der Waals surface area contributed by atoms with Gasteiger partial charge in [0.2, 0.25) is 5.88 Å². The Morgan fingerprint density at radius 2 is 1.51 bits per heavy atom. The summed E-state index contributed by atoms with van der Waals surface area (Å²) in [4.78, 5) is 2.19. The molecule has 2 heterocycles. The van der Waals surface area contributed by atoms with E-state index in [0.29, 0.717) is 58.5 Å². The number of aromatic amines is 1. The second kappa shape index (κ2) is 19.4. The van der Waals surface area contributed by atoms with Crippen LogP contribution in [0.1, 0.15) is 53.3 Å². The third-order valence-corrected chi connectivity index (χ3v) is 10.3. The second-order valence-corrected chi connectivity index (χ2v) is 14.5. The predicted octanol–water partition coefficient (Wildman–Crippen LogP) is 4.40. The first-order valence-corrected chi connectivity index (χ1v) is 18.4. The van der Waals surface area contributed by atoms with E-state index in [-0.39, 0.29) is 12.5 Å². The molecule has 5 rings (SSSR count). The van der Waals surface area contributed by atoms with Gasteiger partial charge in [0.1, 0.15) is 24.6 Å². The lowest BCUT2D eigenvalue weighted by Crippen LogP contribution is -2.55. The average molecular weight is 722 g/mol. The van der Waals surface area contributed by atoms with Crippen molar-refractivity contribution in [3.63, 3.8) is 0 Å². The molecule has 0 radical (unpaired) electrons. The number of aromatic nitrogens is 2. The minimum absolute atomic E-state index is 0.123. The van der Waals surface area contributed by atoms with Gasteiger partial charge in [0.05, 0.1) is 44.5 Å². The highest BCUT2D eigenvalue weighted by atomic mass is 32.2. The van der Waals surface area contributed by atoms with Crippen LogP contribution in [0.25, 0.3) is 0 Å². The molecule has 4 aromatic rings. The van der Waals surface area contributed by atoms with Gasteiger partial charge in [0, 0.05) is 30.8 Å². The number of aliphatic hydroxyl groups excluding tert-OH is 4. The Hall–Kier alpha value is -3.46. The highest BCUT2D eigenvalue weighted by molar-refractivity contribution is 8.00. The summed E-state index contributed by atoms with van der Waals surface area (Å²) < 4.78 is 24.3. The van der Waals surface area contributed by atoms with Crippen molar-refractivity contribution >= 4 is 11.8 Å². The van der Waals surface area contributed by atoms with Crippen LogP contribution in [0.15, 0.2) is 78.9 Å². The summed E-state index contributed by atoms with van der Waals surface area (Å²) in [6.07, 6.45) is -3.55. The molecule has 1 aliphatic rings. The lowest BCUT2D eigenvalue weighted by Gasteiger charge is -2.38. The molecule has 276 valence electrons. The van der Waals surface area contributed by atoms with Gasteiger partial charge in [-0.1, -0.05) is 80.6 Å². The van der Waals surface area contributed by atoms with E-state index in [9.17, 15) is 20.4 Å². The minimum atomic E-state index is -1.45. The maximum Gasteiger partial charge on any atom is 0.237 e. The SMILES string of the molecule is Cc1cc(OCCN(CCOCc2ccccc2)COCc2ccccc2)ccc1Cc1c(O[C@@H]2S[C@H](CO)[C@@H](O)C(O)[C@H]2O)n[nH]c1C(C)C. The van der Waals surface area contributed by atoms with Crippen LogP contribution in [0.2, 0.25) is 0 Å². The number of ether oxygens (including phenoxy) is 4. The van der Waals surface area contributed by atoms with Crippen LogP contribution in [0.3, 0.4) is 0 Å². The average Bonchev–Trinajstić information content (AvgIpc) is 3.54. The molecule has 0 saturated carbocycles. The molecule has 0 spiro atoms. The largest absolute Gasteiger partial charge is 0.492 e. The molecular weight excluding hydrogens is 671 g/mol. The van der Waals surface area contributed by atoms with Crippen LogP contribution in [0, 0.1) is 6.92 Å². The van der Waals surface area contributed by atoms with E-state index in [1.807, 2.05) is 61.5 Å². The van der Waals surface area contributed by atoms with Gasteiger partial charge >= 0.3 is 0 Å². The zero-order valence-electron chi connectivity index (χ0n) is 29.6. The molecule has 1 aliphatic heterocycles. The number of thioether (sulfide) groups is 1. The molecule has 0 amide bonds. The highest BCUT2D eigenvalue weighted by Gasteiger charge is 2.45. The predicted molar refractivity (Wildman–Crippen MR) is 197 cm³/mol. The first kappa shape index (κ1) is 38.8. The third kappa shape index (κ3) is 11.0. The van der Waals surface area contributed by atoms with E-state index in [0.717, 1.165) is 51.0 Å². The molecule has 1 fully saturated rings. The van der Waals surface area contributed by atoms with Crippen molar-refractivity contribution in [2.75, 3.05) is 39.6 Å². The Labute approximate surface area is 304 Å². The van der Waals surface area contributed by atoms with Crippen molar-refractivity contribution in [2.24, 2.45) is 0 Å². The normalized spacial score (nSPS) is 20.6. The Morgan fingerprint density at radius 1 is 0.843 bits per heavy atom. The number of nitrogens with one attached hydrogen (secondary N) is 1. The van der Waals surface area contributed by atoms with Crippen LogP contribution in [0.5, 0.6) is 11.6 Å². The summed E-state index contributed by atoms with van der Waals surface area (Å²) in [5.41, 5.74) is 5.19. The fraction of sp³-hybridized carbons (Fsp3) is 0.462. The third-order valence-electron chi connectivity index (χ3n) is 8.92. The zero-order valence-corrected chi connectivity index (χ0v) is 30.4. The van der Waals surface area contributed by atoms with Crippen LogP contribution < -0.4 is 9.47 Å². The minimum Gasteiger partial charge on any atom is -0.492 e. The van der Waals surface area contributed by atoms with Crippen molar-refractivity contribution in [3.8, 4) is 11.6 Å². The van der Waals surface area contributed by atoms with Gasteiger partial charge in [0.15, 0.2) is 5.44 Å². The van der Waals surface area contributed by atoms with E-state index >= 15 is 0 Å². The van der Waals surface area contributed by atoms with Gasteiger partial charge in [-0.2, -0.15) is 0 Å². The monoisotopic (exact) mass is 721 g/mol. The number of H-pyrrole nitrogens is 1. The molecular formula is C39H51N3O8S. The number of benzene rings is 3. The fourth-order valence-electron chi connectivity index (χ4n) is 5.89. The van der Waals surface area contributed by atoms with Gasteiger partial charge in [0.25, 0.3) is 0 Å². The number of hydrogen-bond donors (Lipinski definition) is 5. The second-order valence-electron chi connectivity index (χ2n) is 13.1. The summed E-state index contributed by atoms with van der Waals surface area (Å²) in [5, 5.41) is 47.7. The first-order valence-electron chi connectivity index (χ1n) is 17.5. The maximum atomic E-state index is 10.6. The summed E-state index contributed by atoms with van der Waals surface area (Å²) in [5.74, 6) is 1.20. The summed E-state index contributed by atoms with van der Waals surface area (Å²) >= 11 is 1.08. The number of nitrogens with zero attached hydrogens (tertiary/aromatic N) is 2. The number of hydrogen-bond acceptors (Lipinski definition) is 11. The van der Waals surface area contributed by atoms with Crippen molar-refractivity contribution in [1.82, 2.24) is 15.1 Å². The fourth-order valence-corrected chi connectivity index (χ4v) is 7.11. The van der Waals surface area contributed by atoms with Gasteiger partial charge < -0.3 is 39.4 Å². The maximum absolute atomic E-state index is 10.6. The van der Waals surface area contributed by atoms with E-state index in [2.05, 4.69) is 53.2 Å². The summed E-state index contributed by atoms with van der Waals surface area (Å²) in [6, 6.07) is 26.3. The molecule has 1 unspecified atom stereocenters. The summed E-state index contributed by atoms with van der Waals surface area (Å²) in [6.45, 7) is 9.73. The Morgan fingerprint density at radius 3 is 2.16 bits per heavy atom. The van der Waals surface area contributed by atoms with Crippen LogP contribution in [0.4, 0.5) is 0 Å². The van der Waals surface area contributed by atoms with Crippen molar-refractivity contribution in [2.45, 2.75) is 75.3 Å². The Bertz CT molecular complexity index is 1610. The molecule has 5 atom stereocenters.